The van der Waals surface area contributed by atoms with E-state index in [-0.39, 0.29) is 0 Å². The van der Waals surface area contributed by atoms with Gasteiger partial charge in [-0.25, -0.2) is 4.98 Å². The number of aromatic nitrogens is 2. The molecule has 0 spiro atoms. The van der Waals surface area contributed by atoms with Gasteiger partial charge >= 0.3 is 0 Å². The van der Waals surface area contributed by atoms with Crippen molar-refractivity contribution in [1.29, 1.82) is 0 Å². The van der Waals surface area contributed by atoms with E-state index in [0.717, 1.165) is 35.5 Å². The summed E-state index contributed by atoms with van der Waals surface area (Å²) >= 11 is 7.85. The molecule has 2 heterocycles. The molecule has 0 aliphatic rings. The zero-order valence-corrected chi connectivity index (χ0v) is 15.6. The Hall–Kier alpha value is -1.95. The molecule has 1 N–H and O–H groups in total. The molecule has 0 radical (unpaired) electrons. The van der Waals surface area contributed by atoms with Crippen molar-refractivity contribution in [3.05, 3.63) is 75.0 Å². The first-order chi connectivity index (χ1) is 12.2. The Kier molecular flexibility index (Phi) is 6.39. The third-order valence-corrected chi connectivity index (χ3v) is 4.94. The molecule has 6 heteroatoms. The van der Waals surface area contributed by atoms with Crippen LogP contribution in [0.25, 0.3) is 0 Å². The molecule has 0 amide bonds. The molecule has 0 unspecified atom stereocenters. The minimum absolute atomic E-state index is 0.481. The summed E-state index contributed by atoms with van der Waals surface area (Å²) < 4.78 is 5.95. The summed E-state index contributed by atoms with van der Waals surface area (Å²) in [4.78, 5) is 8.67. The number of aryl methyl sites for hydroxylation is 1. The van der Waals surface area contributed by atoms with Crippen molar-refractivity contribution in [2.75, 3.05) is 0 Å². The molecular weight excluding hydrogens is 354 g/mol. The van der Waals surface area contributed by atoms with E-state index in [2.05, 4.69) is 27.6 Å². The van der Waals surface area contributed by atoms with Gasteiger partial charge in [-0.3, -0.25) is 4.98 Å². The van der Waals surface area contributed by atoms with Crippen LogP contribution in [0.3, 0.4) is 0 Å². The fourth-order valence-corrected chi connectivity index (χ4v) is 3.33. The predicted molar refractivity (Wildman–Crippen MR) is 102 cm³/mol. The average molecular weight is 374 g/mol. The highest BCUT2D eigenvalue weighted by molar-refractivity contribution is 7.09. The van der Waals surface area contributed by atoms with E-state index in [1.165, 1.54) is 5.01 Å². The van der Waals surface area contributed by atoms with Crippen LogP contribution in [0, 0.1) is 0 Å². The van der Waals surface area contributed by atoms with Gasteiger partial charge in [-0.1, -0.05) is 24.6 Å². The van der Waals surface area contributed by atoms with E-state index < -0.39 is 0 Å². The number of thiazole rings is 1. The van der Waals surface area contributed by atoms with Gasteiger partial charge in [-0.2, -0.15) is 0 Å². The first kappa shape index (κ1) is 17.9. The van der Waals surface area contributed by atoms with Crippen LogP contribution >= 0.6 is 22.9 Å². The maximum absolute atomic E-state index is 6.15. The molecule has 0 aliphatic heterocycles. The van der Waals surface area contributed by atoms with Gasteiger partial charge in [-0.15, -0.1) is 11.3 Å². The second kappa shape index (κ2) is 8.94. The second-order valence-electron chi connectivity index (χ2n) is 5.59. The van der Waals surface area contributed by atoms with Gasteiger partial charge in [-0.05, 0) is 30.7 Å². The molecule has 3 aromatic rings. The lowest BCUT2D eigenvalue weighted by Gasteiger charge is -2.12. The average Bonchev–Trinajstić information content (AvgIpc) is 3.10. The van der Waals surface area contributed by atoms with E-state index in [1.807, 2.05) is 30.3 Å². The standard InChI is InChI=1S/C19H20ClN3OS/c1-2-19-23-17(13-25-19)11-22-10-15-8-16(20)5-6-18(15)24-12-14-4-3-7-21-9-14/h3-9,13,22H,2,10-12H2,1H3. The summed E-state index contributed by atoms with van der Waals surface area (Å²) in [5.74, 6) is 0.827. The third-order valence-electron chi connectivity index (χ3n) is 3.66. The van der Waals surface area contributed by atoms with E-state index in [1.54, 1.807) is 23.7 Å². The highest BCUT2D eigenvalue weighted by Crippen LogP contribution is 2.24. The summed E-state index contributed by atoms with van der Waals surface area (Å²) in [6.07, 6.45) is 4.54. The van der Waals surface area contributed by atoms with Crippen LogP contribution < -0.4 is 10.1 Å². The molecule has 0 fully saturated rings. The lowest BCUT2D eigenvalue weighted by Crippen LogP contribution is -2.14. The van der Waals surface area contributed by atoms with E-state index >= 15 is 0 Å². The van der Waals surface area contributed by atoms with Crippen LogP contribution in [-0.2, 0) is 26.1 Å². The minimum atomic E-state index is 0.481. The number of halogens is 1. The quantitative estimate of drug-likeness (QED) is 0.625. The normalized spacial score (nSPS) is 10.8. The van der Waals surface area contributed by atoms with E-state index in [9.17, 15) is 0 Å². The number of nitrogens with zero attached hydrogens (tertiary/aromatic N) is 2. The minimum Gasteiger partial charge on any atom is -0.489 e. The summed E-state index contributed by atoms with van der Waals surface area (Å²) in [7, 11) is 0. The Balaban J connectivity index is 1.60. The van der Waals surface area contributed by atoms with Crippen molar-refractivity contribution in [2.24, 2.45) is 0 Å². The van der Waals surface area contributed by atoms with Crippen LogP contribution in [0.1, 0.15) is 28.8 Å². The smallest absolute Gasteiger partial charge is 0.124 e. The summed E-state index contributed by atoms with van der Waals surface area (Å²) in [6.45, 7) is 4.00. The summed E-state index contributed by atoms with van der Waals surface area (Å²) in [5.41, 5.74) is 3.13. The number of ether oxygens (including phenoxy) is 1. The Bertz CT molecular complexity index is 807. The highest BCUT2D eigenvalue weighted by atomic mass is 35.5. The molecule has 2 aromatic heterocycles. The Morgan fingerprint density at radius 1 is 1.24 bits per heavy atom. The zero-order valence-electron chi connectivity index (χ0n) is 14.0. The van der Waals surface area contributed by atoms with E-state index in [0.29, 0.717) is 18.2 Å². The molecule has 130 valence electrons. The molecule has 25 heavy (non-hydrogen) atoms. The van der Waals surface area contributed by atoms with E-state index in [4.69, 9.17) is 16.3 Å². The molecule has 0 saturated heterocycles. The number of rotatable bonds is 8. The molecule has 0 bridgehead atoms. The van der Waals surface area contributed by atoms with Gasteiger partial charge in [0.05, 0.1) is 10.7 Å². The lowest BCUT2D eigenvalue weighted by atomic mass is 10.2. The monoisotopic (exact) mass is 373 g/mol. The third kappa shape index (κ3) is 5.26. The molecule has 0 saturated carbocycles. The maximum Gasteiger partial charge on any atom is 0.124 e. The fraction of sp³-hybridized carbons (Fsp3) is 0.263. The molecule has 1 aromatic carbocycles. The molecular formula is C19H20ClN3OS. The van der Waals surface area contributed by atoms with Crippen molar-refractivity contribution in [1.82, 2.24) is 15.3 Å². The van der Waals surface area contributed by atoms with Gasteiger partial charge in [0.15, 0.2) is 0 Å². The molecule has 0 aliphatic carbocycles. The van der Waals surface area contributed by atoms with Crippen molar-refractivity contribution >= 4 is 22.9 Å². The zero-order chi connectivity index (χ0) is 17.5. The topological polar surface area (TPSA) is 47.0 Å². The van der Waals surface area contributed by atoms with Gasteiger partial charge in [0.25, 0.3) is 0 Å². The van der Waals surface area contributed by atoms with Crippen molar-refractivity contribution in [3.8, 4) is 5.75 Å². The number of nitrogens with one attached hydrogen (secondary N) is 1. The van der Waals surface area contributed by atoms with Crippen molar-refractivity contribution in [3.63, 3.8) is 0 Å². The first-order valence-corrected chi connectivity index (χ1v) is 9.44. The van der Waals surface area contributed by atoms with Crippen molar-refractivity contribution < 1.29 is 4.74 Å². The molecule has 3 rings (SSSR count). The number of benzene rings is 1. The Morgan fingerprint density at radius 2 is 2.16 bits per heavy atom. The molecule has 0 atom stereocenters. The van der Waals surface area contributed by atoms with Gasteiger partial charge in [0, 0.05) is 47.0 Å². The van der Waals surface area contributed by atoms with Crippen LogP contribution in [0.2, 0.25) is 5.02 Å². The van der Waals surface area contributed by atoms with Crippen LogP contribution in [0.4, 0.5) is 0 Å². The fourth-order valence-electron chi connectivity index (χ4n) is 2.39. The predicted octanol–water partition coefficient (Wildman–Crippen LogP) is 4.62. The summed E-state index contributed by atoms with van der Waals surface area (Å²) in [5, 5.41) is 7.38. The Morgan fingerprint density at radius 3 is 2.92 bits per heavy atom. The second-order valence-corrected chi connectivity index (χ2v) is 6.97. The SMILES string of the molecule is CCc1nc(CNCc2cc(Cl)ccc2OCc2cccnc2)cs1. The van der Waals surface area contributed by atoms with Crippen molar-refractivity contribution in [2.45, 2.75) is 33.0 Å². The maximum atomic E-state index is 6.15. The Labute approximate surface area is 156 Å². The first-order valence-electron chi connectivity index (χ1n) is 8.18. The summed E-state index contributed by atoms with van der Waals surface area (Å²) in [6, 6.07) is 9.59. The van der Waals surface area contributed by atoms with Gasteiger partial charge in [0.1, 0.15) is 12.4 Å². The van der Waals surface area contributed by atoms with Gasteiger partial charge < -0.3 is 10.1 Å². The lowest BCUT2D eigenvalue weighted by molar-refractivity contribution is 0.301. The number of hydrogen-bond acceptors (Lipinski definition) is 5. The highest BCUT2D eigenvalue weighted by Gasteiger charge is 2.07. The number of hydrogen-bond donors (Lipinski definition) is 1. The van der Waals surface area contributed by atoms with Crippen LogP contribution in [0.15, 0.2) is 48.1 Å². The molecule has 4 nitrogen and oxygen atoms in total. The van der Waals surface area contributed by atoms with Crippen LogP contribution in [0.5, 0.6) is 5.75 Å². The number of pyridine rings is 1. The largest absolute Gasteiger partial charge is 0.489 e. The van der Waals surface area contributed by atoms with Gasteiger partial charge in [0.2, 0.25) is 0 Å². The van der Waals surface area contributed by atoms with Crippen LogP contribution in [-0.4, -0.2) is 9.97 Å².